The predicted molar refractivity (Wildman–Crippen MR) is 33.4 cm³/mol. The van der Waals surface area contributed by atoms with Crippen molar-refractivity contribution in [3.63, 3.8) is 0 Å². The molecular weight excluding hydrogens is 179 g/mol. The molecule has 0 bridgehead atoms. The number of likely N-dealkylation sites (N-methyl/N-ethyl adjacent to an activating group) is 1. The smallest absolute Gasteiger partial charge is 0.412 e. The monoisotopic (exact) mass is 187 g/mol. The summed E-state index contributed by atoms with van der Waals surface area (Å²) in [6, 6.07) is 0. The summed E-state index contributed by atoms with van der Waals surface area (Å²) in [4.78, 5) is 21.0. The third kappa shape index (κ3) is 3.33. The van der Waals surface area contributed by atoms with Crippen LogP contribution in [0.3, 0.4) is 0 Å². The van der Waals surface area contributed by atoms with Gasteiger partial charge in [0.05, 0.1) is 0 Å². The Morgan fingerprint density at radius 3 is 1.58 bits per heavy atom. The minimum absolute atomic E-state index is 0. The van der Waals surface area contributed by atoms with E-state index in [1.807, 2.05) is 0 Å². The number of rotatable bonds is 1. The number of halogens is 3. The van der Waals surface area contributed by atoms with Crippen molar-refractivity contribution in [3.05, 3.63) is 0 Å². The van der Waals surface area contributed by atoms with Crippen LogP contribution in [0.5, 0.6) is 0 Å². The van der Waals surface area contributed by atoms with Crippen LogP contribution in [0, 0.1) is 0 Å². The zero-order valence-corrected chi connectivity index (χ0v) is 6.40. The largest absolute Gasteiger partial charge is 0.460 e. The second-order valence-corrected chi connectivity index (χ2v) is 2.03. The Balaban J connectivity index is 0. The average Bonchev–Trinajstić information content (AvgIpc) is 1.82. The molecule has 0 atom stereocenters. The van der Waals surface area contributed by atoms with Gasteiger partial charge in [-0.25, -0.2) is 0 Å². The van der Waals surface area contributed by atoms with Crippen LogP contribution in [0.15, 0.2) is 0 Å². The summed E-state index contributed by atoms with van der Waals surface area (Å²) in [6.45, 7) is 0. The van der Waals surface area contributed by atoms with Crippen molar-refractivity contribution in [1.29, 1.82) is 0 Å². The van der Waals surface area contributed by atoms with Gasteiger partial charge in [-0.1, -0.05) is 0 Å². The molecule has 0 heterocycles. The van der Waals surface area contributed by atoms with Crippen molar-refractivity contribution in [2.75, 3.05) is 14.1 Å². The van der Waals surface area contributed by atoms with E-state index < -0.39 is 17.9 Å². The predicted octanol–water partition coefficient (Wildman–Crippen LogP) is -0.619. The molecule has 0 aromatic heterocycles. The fourth-order valence-electron chi connectivity index (χ4n) is 0.324. The number of hydrogen-bond donors (Lipinski definition) is 0. The lowest BCUT2D eigenvalue weighted by molar-refractivity contribution is -0.177. The fraction of sp³-hybridized carbons (Fsp3) is 0.600. The molecule has 0 aliphatic heterocycles. The van der Waals surface area contributed by atoms with Gasteiger partial charge in [0.1, 0.15) is 0 Å². The molecule has 0 rings (SSSR count). The maximum absolute atomic E-state index is 11.5. The number of hydrogen-bond acceptors (Lipinski definition) is 2. The number of Topliss-reactive ketones (excluding diaryl/α,β-unsaturated/α-hetero) is 1. The van der Waals surface area contributed by atoms with Crippen LogP contribution in [0.1, 0.15) is 0 Å². The van der Waals surface area contributed by atoms with Gasteiger partial charge in [0.25, 0.3) is 5.91 Å². The van der Waals surface area contributed by atoms with E-state index in [1.54, 1.807) is 0 Å². The highest BCUT2D eigenvalue weighted by molar-refractivity contribution is 6.38. The van der Waals surface area contributed by atoms with E-state index >= 15 is 0 Å². The van der Waals surface area contributed by atoms with Crippen molar-refractivity contribution in [2.45, 2.75) is 6.18 Å². The van der Waals surface area contributed by atoms with Crippen molar-refractivity contribution in [1.82, 2.24) is 4.90 Å². The Hall–Kier alpha value is -1.11. The second-order valence-electron chi connectivity index (χ2n) is 2.03. The van der Waals surface area contributed by atoms with Crippen LogP contribution in [-0.4, -0.2) is 42.3 Å². The number of ketones is 1. The first kappa shape index (κ1) is 13.5. The molecule has 0 aliphatic rings. The van der Waals surface area contributed by atoms with Gasteiger partial charge in [0.15, 0.2) is 0 Å². The van der Waals surface area contributed by atoms with E-state index in [0.29, 0.717) is 4.90 Å². The Morgan fingerprint density at radius 2 is 1.50 bits per heavy atom. The van der Waals surface area contributed by atoms with Gasteiger partial charge >= 0.3 is 12.0 Å². The minimum atomic E-state index is -5.07. The molecule has 0 unspecified atom stereocenters. The first-order valence-corrected chi connectivity index (χ1v) is 2.59. The van der Waals surface area contributed by atoms with Crippen molar-refractivity contribution in [3.8, 4) is 0 Å². The highest BCUT2D eigenvalue weighted by Crippen LogP contribution is 2.16. The lowest BCUT2D eigenvalue weighted by Gasteiger charge is -2.09. The normalized spacial score (nSPS) is 10.1. The number of amides is 1. The zero-order chi connectivity index (χ0) is 9.23. The Morgan fingerprint density at radius 1 is 1.17 bits per heavy atom. The number of alkyl halides is 3. The summed E-state index contributed by atoms with van der Waals surface area (Å²) in [5.74, 6) is -3.90. The molecule has 0 aromatic rings. The van der Waals surface area contributed by atoms with Crippen LogP contribution < -0.4 is 0 Å². The summed E-state index contributed by atoms with van der Waals surface area (Å²) in [6.07, 6.45) is -5.07. The Kier molecular flexibility index (Phi) is 4.55. The quantitative estimate of drug-likeness (QED) is 0.513. The van der Waals surface area contributed by atoms with Gasteiger partial charge in [0, 0.05) is 14.1 Å². The number of nitrogens with zero attached hydrogens (tertiary/aromatic N) is 1. The standard InChI is InChI=1S/C5H6F3NO2.H2O/c1-9(2)4(11)3(10)5(6,7)8;/h1-2H3;1H2. The summed E-state index contributed by atoms with van der Waals surface area (Å²) >= 11 is 0. The summed E-state index contributed by atoms with van der Waals surface area (Å²) in [5, 5.41) is 0. The summed E-state index contributed by atoms with van der Waals surface area (Å²) in [7, 11) is 2.15. The van der Waals surface area contributed by atoms with E-state index in [1.165, 1.54) is 0 Å². The molecule has 0 radical (unpaired) electrons. The van der Waals surface area contributed by atoms with Gasteiger partial charge in [-0.2, -0.15) is 13.2 Å². The van der Waals surface area contributed by atoms with Crippen molar-refractivity contribution in [2.24, 2.45) is 0 Å². The van der Waals surface area contributed by atoms with E-state index in [0.717, 1.165) is 14.1 Å². The molecule has 7 heteroatoms. The zero-order valence-electron chi connectivity index (χ0n) is 6.40. The maximum atomic E-state index is 11.5. The topological polar surface area (TPSA) is 68.9 Å². The van der Waals surface area contributed by atoms with Crippen LogP contribution in [0.2, 0.25) is 0 Å². The van der Waals surface area contributed by atoms with Crippen LogP contribution in [0.4, 0.5) is 13.2 Å². The van der Waals surface area contributed by atoms with Crippen molar-refractivity contribution < 1.29 is 28.2 Å². The molecule has 4 nitrogen and oxygen atoms in total. The van der Waals surface area contributed by atoms with Gasteiger partial charge in [-0.3, -0.25) is 9.59 Å². The van der Waals surface area contributed by atoms with Gasteiger partial charge in [0.2, 0.25) is 0 Å². The molecule has 72 valence electrons. The summed E-state index contributed by atoms with van der Waals surface area (Å²) < 4.78 is 34.4. The number of carbonyl (C=O) groups excluding carboxylic acids is 2. The molecule has 0 saturated heterocycles. The third-order valence-corrected chi connectivity index (χ3v) is 0.858. The third-order valence-electron chi connectivity index (χ3n) is 0.858. The molecule has 0 aliphatic carbocycles. The van der Waals surface area contributed by atoms with Gasteiger partial charge < -0.3 is 10.4 Å². The SMILES string of the molecule is CN(C)C(=O)C(=O)C(F)(F)F.O. The number of carbonyl (C=O) groups is 2. The van der Waals surface area contributed by atoms with Crippen LogP contribution >= 0.6 is 0 Å². The minimum Gasteiger partial charge on any atom is -0.412 e. The van der Waals surface area contributed by atoms with Gasteiger partial charge in [-0.05, 0) is 0 Å². The molecule has 2 N–H and O–H groups in total. The van der Waals surface area contributed by atoms with E-state index in [4.69, 9.17) is 0 Å². The molecule has 12 heavy (non-hydrogen) atoms. The molecule has 0 saturated carbocycles. The first-order valence-electron chi connectivity index (χ1n) is 2.59. The molecule has 0 fully saturated rings. The Labute approximate surface area is 66.3 Å². The van der Waals surface area contributed by atoms with Gasteiger partial charge in [-0.15, -0.1) is 0 Å². The summed E-state index contributed by atoms with van der Waals surface area (Å²) in [5.41, 5.74) is 0. The van der Waals surface area contributed by atoms with Crippen LogP contribution in [-0.2, 0) is 9.59 Å². The molecule has 0 aromatic carbocycles. The second kappa shape index (κ2) is 4.05. The maximum Gasteiger partial charge on any atom is 0.460 e. The van der Waals surface area contributed by atoms with Crippen LogP contribution in [0.25, 0.3) is 0 Å². The van der Waals surface area contributed by atoms with E-state index in [9.17, 15) is 22.8 Å². The first-order chi connectivity index (χ1) is 4.76. The average molecular weight is 187 g/mol. The lowest BCUT2D eigenvalue weighted by Crippen LogP contribution is -2.38. The lowest BCUT2D eigenvalue weighted by atomic mass is 10.3. The fourth-order valence-corrected chi connectivity index (χ4v) is 0.324. The highest BCUT2D eigenvalue weighted by Gasteiger charge is 2.44. The molecular formula is C5H8F3NO3. The molecule has 1 amide bonds. The van der Waals surface area contributed by atoms with E-state index in [-0.39, 0.29) is 5.48 Å². The Bertz CT molecular complexity index is 187. The molecule has 0 spiro atoms. The van der Waals surface area contributed by atoms with E-state index in [2.05, 4.69) is 0 Å². The highest BCUT2D eigenvalue weighted by atomic mass is 19.4. The van der Waals surface area contributed by atoms with Crippen molar-refractivity contribution >= 4 is 11.7 Å².